The molecule has 0 unspecified atom stereocenters. The molecule has 1 aliphatic rings. The van der Waals surface area contributed by atoms with Crippen molar-refractivity contribution in [1.82, 2.24) is 9.55 Å². The Hall–Kier alpha value is -4.26. The number of carboxylic acids is 1. The largest absolute Gasteiger partial charge is 0.504 e. The Kier molecular flexibility index (Phi) is 8.27. The van der Waals surface area contributed by atoms with Gasteiger partial charge in [0.25, 0.3) is 10.0 Å². The highest BCUT2D eigenvalue weighted by atomic mass is 32.2. The number of aryl methyl sites for hydroxylation is 2. The number of imidazole rings is 1. The second-order valence-corrected chi connectivity index (χ2v) is 13.1. The molecule has 0 aliphatic heterocycles. The van der Waals surface area contributed by atoms with Crippen LogP contribution in [0.5, 0.6) is 11.5 Å². The number of hydrogen-bond donors (Lipinski definition) is 2. The number of aromatic nitrogens is 2. The quantitative estimate of drug-likeness (QED) is 0.241. The summed E-state index contributed by atoms with van der Waals surface area (Å²) in [6.07, 6.45) is -2.83. The molecule has 0 bridgehead atoms. The number of sulfonamides is 1. The molecule has 234 valence electrons. The molecule has 5 rings (SSSR count). The number of benzene rings is 3. The van der Waals surface area contributed by atoms with Crippen LogP contribution in [0.15, 0.2) is 65.6 Å². The fourth-order valence-electron chi connectivity index (χ4n) is 5.92. The van der Waals surface area contributed by atoms with Gasteiger partial charge in [0, 0.05) is 20.0 Å². The average Bonchev–Trinajstić information content (AvgIpc) is 3.27. The maximum Gasteiger partial charge on any atom is 0.416 e. The Balaban J connectivity index is 1.32. The minimum Gasteiger partial charge on any atom is -0.504 e. The molecular weight excluding hydrogens is 599 g/mol. The number of anilines is 1. The standard InChI is InChI=1S/C31H32F3N3O6S/c1-18-35-25-16-23(12-13-26(25)36(18)2)44(41,42)37(3)22-10-7-19(8-11-22)24-6-4-5-20(29(24)30(39)40)17-43-28-14-9-21(15-27(28)38)31(32,33)34/h7-16,20,24,29,38H,4-6,17H2,1-3H3,(H,39,40)/t20-,24+,29-/m0/s1. The zero-order valence-corrected chi connectivity index (χ0v) is 25.1. The van der Waals surface area contributed by atoms with Gasteiger partial charge in [-0.3, -0.25) is 9.10 Å². The Morgan fingerprint density at radius 2 is 1.80 bits per heavy atom. The lowest BCUT2D eigenvalue weighted by Gasteiger charge is -2.36. The number of aliphatic carboxylic acids is 1. The van der Waals surface area contributed by atoms with Crippen molar-refractivity contribution < 1.29 is 41.3 Å². The van der Waals surface area contributed by atoms with Crippen molar-refractivity contribution in [3.63, 3.8) is 0 Å². The van der Waals surface area contributed by atoms with E-state index >= 15 is 0 Å². The molecule has 13 heteroatoms. The first-order valence-electron chi connectivity index (χ1n) is 14.0. The van der Waals surface area contributed by atoms with E-state index in [1.165, 1.54) is 19.2 Å². The van der Waals surface area contributed by atoms with E-state index < -0.39 is 51.2 Å². The van der Waals surface area contributed by atoms with Gasteiger partial charge < -0.3 is 19.5 Å². The van der Waals surface area contributed by atoms with Crippen LogP contribution in [0.4, 0.5) is 18.9 Å². The number of phenols is 1. The number of nitrogens with zero attached hydrogens (tertiary/aromatic N) is 3. The summed E-state index contributed by atoms with van der Waals surface area (Å²) in [6.45, 7) is 1.73. The van der Waals surface area contributed by atoms with Gasteiger partial charge in [-0.05, 0) is 79.8 Å². The number of ether oxygens (including phenoxy) is 1. The maximum atomic E-state index is 13.4. The van der Waals surface area contributed by atoms with Crippen molar-refractivity contribution in [3.05, 3.63) is 77.6 Å². The van der Waals surface area contributed by atoms with Crippen LogP contribution in [0.1, 0.15) is 42.1 Å². The molecule has 0 spiro atoms. The van der Waals surface area contributed by atoms with Crippen LogP contribution in [0.3, 0.4) is 0 Å². The highest BCUT2D eigenvalue weighted by Crippen LogP contribution is 2.43. The van der Waals surface area contributed by atoms with Crippen molar-refractivity contribution in [2.24, 2.45) is 18.9 Å². The molecule has 0 saturated heterocycles. The lowest BCUT2D eigenvalue weighted by Crippen LogP contribution is -2.36. The lowest BCUT2D eigenvalue weighted by molar-refractivity contribution is -0.146. The van der Waals surface area contributed by atoms with Gasteiger partial charge in [-0.2, -0.15) is 13.2 Å². The summed E-state index contributed by atoms with van der Waals surface area (Å²) in [5, 5.41) is 20.2. The van der Waals surface area contributed by atoms with Gasteiger partial charge >= 0.3 is 12.1 Å². The third-order valence-electron chi connectivity index (χ3n) is 8.47. The van der Waals surface area contributed by atoms with Crippen LogP contribution < -0.4 is 9.04 Å². The Bertz CT molecular complexity index is 1800. The van der Waals surface area contributed by atoms with E-state index in [0.29, 0.717) is 36.5 Å². The van der Waals surface area contributed by atoms with Crippen molar-refractivity contribution in [1.29, 1.82) is 0 Å². The van der Waals surface area contributed by atoms with Crippen molar-refractivity contribution in [2.75, 3.05) is 18.0 Å². The zero-order valence-electron chi connectivity index (χ0n) is 24.2. The van der Waals surface area contributed by atoms with E-state index in [0.717, 1.165) is 33.3 Å². The van der Waals surface area contributed by atoms with Gasteiger partial charge in [-0.25, -0.2) is 13.4 Å². The Morgan fingerprint density at radius 1 is 1.09 bits per heavy atom. The summed E-state index contributed by atoms with van der Waals surface area (Å²) in [5.74, 6) is -2.85. The molecule has 0 amide bonds. The highest BCUT2D eigenvalue weighted by molar-refractivity contribution is 7.92. The van der Waals surface area contributed by atoms with Gasteiger partial charge in [0.05, 0.1) is 39.7 Å². The van der Waals surface area contributed by atoms with Crippen LogP contribution in [0.25, 0.3) is 11.0 Å². The van der Waals surface area contributed by atoms with Crippen LogP contribution in [0, 0.1) is 18.8 Å². The van der Waals surface area contributed by atoms with Crippen LogP contribution >= 0.6 is 0 Å². The van der Waals surface area contributed by atoms with Crippen molar-refractivity contribution in [3.8, 4) is 11.5 Å². The van der Waals surface area contributed by atoms with Crippen LogP contribution in [-0.4, -0.2) is 47.8 Å². The van der Waals surface area contributed by atoms with Gasteiger partial charge in [-0.15, -0.1) is 0 Å². The zero-order chi connectivity index (χ0) is 32.0. The third kappa shape index (κ3) is 5.92. The summed E-state index contributed by atoms with van der Waals surface area (Å²) >= 11 is 0. The van der Waals surface area contributed by atoms with Gasteiger partial charge in [0.15, 0.2) is 11.5 Å². The third-order valence-corrected chi connectivity index (χ3v) is 10.3. The molecule has 44 heavy (non-hydrogen) atoms. The van der Waals surface area contributed by atoms with Gasteiger partial charge in [-0.1, -0.05) is 18.6 Å². The molecular formula is C31H32F3N3O6S. The predicted octanol–water partition coefficient (Wildman–Crippen LogP) is 6.09. The average molecular weight is 632 g/mol. The second-order valence-electron chi connectivity index (χ2n) is 11.1. The predicted molar refractivity (Wildman–Crippen MR) is 157 cm³/mol. The van der Waals surface area contributed by atoms with E-state index in [2.05, 4.69) is 4.98 Å². The van der Waals surface area contributed by atoms with E-state index in [1.807, 2.05) is 18.5 Å². The minimum atomic E-state index is -4.62. The fraction of sp³-hybridized carbons (Fsp3) is 0.355. The molecule has 0 radical (unpaired) electrons. The molecule has 1 heterocycles. The minimum absolute atomic E-state index is 0.0924. The summed E-state index contributed by atoms with van der Waals surface area (Å²) < 4.78 is 74.4. The molecule has 1 fully saturated rings. The van der Waals surface area contributed by atoms with E-state index in [-0.39, 0.29) is 17.3 Å². The number of alkyl halides is 3. The molecule has 9 nitrogen and oxygen atoms in total. The summed E-state index contributed by atoms with van der Waals surface area (Å²) in [4.78, 5) is 17.0. The van der Waals surface area contributed by atoms with Gasteiger partial charge in [0.1, 0.15) is 5.82 Å². The number of phenolic OH excluding ortho intramolecular Hbond substituents is 1. The number of hydrogen-bond acceptors (Lipinski definition) is 6. The summed E-state index contributed by atoms with van der Waals surface area (Å²) in [6, 6.07) is 13.9. The van der Waals surface area contributed by atoms with Crippen LogP contribution in [-0.2, 0) is 28.0 Å². The topological polar surface area (TPSA) is 122 Å². The molecule has 2 N–H and O–H groups in total. The summed E-state index contributed by atoms with van der Waals surface area (Å²) in [5.41, 5.74) is 1.48. The number of halogens is 3. The molecule has 4 aromatic rings. The molecule has 1 aromatic heterocycles. The fourth-order valence-corrected chi connectivity index (χ4v) is 7.14. The first-order chi connectivity index (χ1) is 20.7. The first-order valence-corrected chi connectivity index (χ1v) is 15.4. The van der Waals surface area contributed by atoms with Gasteiger partial charge in [0.2, 0.25) is 0 Å². The highest BCUT2D eigenvalue weighted by Gasteiger charge is 2.40. The Labute approximate surface area is 252 Å². The second kappa shape index (κ2) is 11.7. The van der Waals surface area contributed by atoms with Crippen molar-refractivity contribution in [2.45, 2.75) is 43.2 Å². The van der Waals surface area contributed by atoms with Crippen molar-refractivity contribution >= 4 is 32.7 Å². The van der Waals surface area contributed by atoms with E-state index in [1.54, 1.807) is 30.3 Å². The van der Waals surface area contributed by atoms with Crippen LogP contribution in [0.2, 0.25) is 0 Å². The number of rotatable bonds is 8. The smallest absolute Gasteiger partial charge is 0.416 e. The SMILES string of the molecule is Cc1nc2cc(S(=O)(=O)N(C)c3ccc([C@H]4CCC[C@@H](COc5ccc(C(F)(F)F)cc5O)[C@@H]4C(=O)O)cc3)ccc2n1C. The molecule has 1 aliphatic carbocycles. The summed E-state index contributed by atoms with van der Waals surface area (Å²) in [7, 11) is -0.614. The Morgan fingerprint density at radius 3 is 2.43 bits per heavy atom. The molecule has 3 atom stereocenters. The molecule has 3 aromatic carbocycles. The van der Waals surface area contributed by atoms with E-state index in [4.69, 9.17) is 4.74 Å². The van der Waals surface area contributed by atoms with E-state index in [9.17, 15) is 36.6 Å². The number of aromatic hydroxyl groups is 1. The maximum absolute atomic E-state index is 13.4. The number of fused-ring (bicyclic) bond motifs is 1. The monoisotopic (exact) mass is 631 g/mol. The lowest BCUT2D eigenvalue weighted by atomic mass is 9.69. The first kappa shape index (κ1) is 31.2. The molecule has 1 saturated carbocycles. The normalized spacial score (nSPS) is 19.2. The number of carbonyl (C=O) groups is 1. The number of carboxylic acid groups (broad SMARTS) is 1.